The summed E-state index contributed by atoms with van der Waals surface area (Å²) >= 11 is 3.60. The molecule has 4 aliphatic heterocycles. The number of ether oxygens (including phenoxy) is 2. The molecule has 1 spiro atoms. The third-order valence-electron chi connectivity index (χ3n) is 10.4. The van der Waals surface area contributed by atoms with E-state index in [-0.39, 0.29) is 37.4 Å². The van der Waals surface area contributed by atoms with Gasteiger partial charge in [-0.2, -0.15) is 0 Å². The van der Waals surface area contributed by atoms with Crippen molar-refractivity contribution in [1.82, 2.24) is 14.7 Å². The van der Waals surface area contributed by atoms with E-state index in [0.29, 0.717) is 17.4 Å². The molecule has 0 unspecified atom stereocenters. The summed E-state index contributed by atoms with van der Waals surface area (Å²) in [4.78, 5) is 61.4. The van der Waals surface area contributed by atoms with E-state index in [2.05, 4.69) is 15.9 Å². The minimum atomic E-state index is -1.39. The van der Waals surface area contributed by atoms with Crippen LogP contribution in [0.15, 0.2) is 53.0 Å². The number of allylic oxidation sites excluding steroid dienone is 1. The smallest absolute Gasteiger partial charge is 0.313 e. The molecule has 0 radical (unpaired) electrons. The number of hydrogen-bond acceptors (Lipinski definition) is 7. The number of likely N-dealkylation sites (N-methyl/N-ethyl adjacent to an activating group) is 1. The SMILES string of the molecule is C[C@H]1[C@H](c2ccccc2)OC(=O)[C@H]2[C@@H]3O[C@@]4(C=C3Br)[C@@H]2C(=O)N(CCO)[C@@H]4C(=O)N(C2CCCCC2)C/C=C\CCC(=O)N1C. The highest BCUT2D eigenvalue weighted by molar-refractivity contribution is 9.11. The Hall–Kier alpha value is -3.02. The van der Waals surface area contributed by atoms with Gasteiger partial charge in [0.1, 0.15) is 29.8 Å². The third kappa shape index (κ3) is 5.54. The lowest BCUT2D eigenvalue weighted by Gasteiger charge is -2.40. The molecule has 6 rings (SSSR count). The van der Waals surface area contributed by atoms with Crippen LogP contribution in [0.5, 0.6) is 0 Å². The third-order valence-corrected chi connectivity index (χ3v) is 11.1. The zero-order valence-electron chi connectivity index (χ0n) is 25.8. The first-order valence-corrected chi connectivity index (χ1v) is 16.9. The number of carbonyl (C=O) groups is 4. The highest BCUT2D eigenvalue weighted by atomic mass is 79.9. The quantitative estimate of drug-likeness (QED) is 0.382. The first kappa shape index (κ1) is 31.9. The van der Waals surface area contributed by atoms with Gasteiger partial charge in [-0.15, -0.1) is 0 Å². The fraction of sp³-hybridized carbons (Fsp3) is 0.588. The van der Waals surface area contributed by atoms with Gasteiger partial charge in [0.25, 0.3) is 0 Å². The molecule has 7 atom stereocenters. The molecule has 10 nitrogen and oxygen atoms in total. The highest BCUT2D eigenvalue weighted by Crippen LogP contribution is 2.59. The number of nitrogens with zero attached hydrogens (tertiary/aromatic N) is 3. The van der Waals surface area contributed by atoms with E-state index in [0.717, 1.165) is 37.7 Å². The minimum absolute atomic E-state index is 0.00783. The summed E-state index contributed by atoms with van der Waals surface area (Å²) in [7, 11) is 1.71. The van der Waals surface area contributed by atoms with Crippen LogP contribution in [0.25, 0.3) is 0 Å². The standard InChI is InChI=1S/C34H42BrN3O7/c1-21-28(22-12-6-3-7-13-22)44-33(43)26-27-31(41)38(18-19-39)30(34(27)20-24(35)29(26)45-34)32(42)37(23-14-8-4-9-15-23)17-11-5-10-16-25(40)36(21)2/h3,5-7,11-13,20-21,23,26-30,39H,4,8-10,14-19H2,1-2H3/b11-5-/t21-,26+,27-,28+,29+,30+,34-/m0/s1. The Morgan fingerprint density at radius 1 is 1.00 bits per heavy atom. The molecule has 1 aliphatic carbocycles. The Morgan fingerprint density at radius 3 is 2.44 bits per heavy atom. The Kier molecular flexibility index (Phi) is 9.23. The molecule has 45 heavy (non-hydrogen) atoms. The maximum absolute atomic E-state index is 14.7. The number of benzene rings is 1. The monoisotopic (exact) mass is 683 g/mol. The fourth-order valence-electron chi connectivity index (χ4n) is 7.99. The summed E-state index contributed by atoms with van der Waals surface area (Å²) in [6.07, 6.45) is 9.66. The molecule has 1 saturated carbocycles. The van der Waals surface area contributed by atoms with Crippen LogP contribution >= 0.6 is 15.9 Å². The van der Waals surface area contributed by atoms with Gasteiger partial charge in [0.15, 0.2) is 0 Å². The first-order chi connectivity index (χ1) is 21.7. The second-order valence-electron chi connectivity index (χ2n) is 12.9. The number of aliphatic hydroxyl groups is 1. The number of rotatable bonds is 4. The molecule has 5 aliphatic rings. The molecular formula is C34H42BrN3O7. The number of amides is 3. The average molecular weight is 685 g/mol. The van der Waals surface area contributed by atoms with Crippen LogP contribution in [0.3, 0.4) is 0 Å². The van der Waals surface area contributed by atoms with Crippen molar-refractivity contribution in [2.45, 2.75) is 87.8 Å². The number of β-amino-alcohol motifs (C(OH)–C–C–N with tert-alkyl or cyclic N) is 1. The summed E-state index contributed by atoms with van der Waals surface area (Å²) in [6.45, 7) is 1.79. The number of aliphatic hydroxyl groups excluding tert-OH is 1. The molecule has 3 amide bonds. The zero-order chi connectivity index (χ0) is 31.9. The van der Waals surface area contributed by atoms with Crippen molar-refractivity contribution >= 4 is 39.6 Å². The lowest BCUT2D eigenvalue weighted by molar-refractivity contribution is -0.164. The van der Waals surface area contributed by atoms with Gasteiger partial charge in [-0.05, 0) is 37.8 Å². The summed E-state index contributed by atoms with van der Waals surface area (Å²) in [5.74, 6) is -3.39. The van der Waals surface area contributed by atoms with Gasteiger partial charge in [-0.25, -0.2) is 0 Å². The van der Waals surface area contributed by atoms with Crippen LogP contribution in [-0.2, 0) is 28.7 Å². The van der Waals surface area contributed by atoms with Gasteiger partial charge in [0, 0.05) is 37.1 Å². The van der Waals surface area contributed by atoms with Gasteiger partial charge in [-0.3, -0.25) is 19.2 Å². The molecule has 11 heteroatoms. The molecule has 242 valence electrons. The number of hydrogen-bond donors (Lipinski definition) is 1. The van der Waals surface area contributed by atoms with Gasteiger partial charge >= 0.3 is 5.97 Å². The lowest BCUT2D eigenvalue weighted by atomic mass is 9.74. The zero-order valence-corrected chi connectivity index (χ0v) is 27.4. The van der Waals surface area contributed by atoms with Crippen molar-refractivity contribution in [3.05, 3.63) is 58.6 Å². The number of likely N-dealkylation sites (tertiary alicyclic amines) is 1. The maximum atomic E-state index is 14.7. The van der Waals surface area contributed by atoms with E-state index in [4.69, 9.17) is 9.47 Å². The fourth-order valence-corrected chi connectivity index (χ4v) is 8.73. The first-order valence-electron chi connectivity index (χ1n) is 16.1. The van der Waals surface area contributed by atoms with Crippen molar-refractivity contribution in [3.8, 4) is 0 Å². The van der Waals surface area contributed by atoms with Gasteiger partial charge in [0.05, 0.1) is 18.6 Å². The van der Waals surface area contributed by atoms with Crippen LogP contribution in [0.2, 0.25) is 0 Å². The van der Waals surface area contributed by atoms with Gasteiger partial charge in [0.2, 0.25) is 17.7 Å². The predicted molar refractivity (Wildman–Crippen MR) is 169 cm³/mol. The predicted octanol–water partition coefficient (Wildman–Crippen LogP) is 3.49. The van der Waals surface area contributed by atoms with E-state index in [9.17, 15) is 24.3 Å². The van der Waals surface area contributed by atoms with Gasteiger partial charge < -0.3 is 29.3 Å². The number of fused-ring (bicyclic) bond motifs is 2. The topological polar surface area (TPSA) is 117 Å². The normalized spacial score (nSPS) is 35.5. The summed E-state index contributed by atoms with van der Waals surface area (Å²) in [5.41, 5.74) is -0.665. The average Bonchev–Trinajstić information content (AvgIpc) is 3.64. The maximum Gasteiger partial charge on any atom is 0.313 e. The second-order valence-corrected chi connectivity index (χ2v) is 13.8. The molecular weight excluding hydrogens is 642 g/mol. The molecule has 1 aromatic carbocycles. The van der Waals surface area contributed by atoms with Crippen molar-refractivity contribution in [3.63, 3.8) is 0 Å². The number of esters is 1. The molecule has 3 fully saturated rings. The largest absolute Gasteiger partial charge is 0.455 e. The van der Waals surface area contributed by atoms with Crippen LogP contribution in [0.1, 0.15) is 63.5 Å². The van der Waals surface area contributed by atoms with Crippen LogP contribution in [0, 0.1) is 11.8 Å². The van der Waals surface area contributed by atoms with E-state index in [1.165, 1.54) is 4.90 Å². The molecule has 1 aromatic rings. The molecule has 5 bridgehead atoms. The number of carbonyl (C=O) groups excluding carboxylic acids is 4. The molecule has 4 heterocycles. The summed E-state index contributed by atoms with van der Waals surface area (Å²) in [6, 6.07) is 7.72. The van der Waals surface area contributed by atoms with Crippen LogP contribution < -0.4 is 0 Å². The van der Waals surface area contributed by atoms with Crippen LogP contribution in [0.4, 0.5) is 0 Å². The Balaban J connectivity index is 1.44. The Morgan fingerprint density at radius 2 is 1.73 bits per heavy atom. The van der Waals surface area contributed by atoms with Crippen molar-refractivity contribution in [1.29, 1.82) is 0 Å². The molecule has 2 saturated heterocycles. The van der Waals surface area contributed by atoms with E-state index in [1.807, 2.05) is 54.3 Å². The molecule has 0 aromatic heterocycles. The Labute approximate surface area is 272 Å². The van der Waals surface area contributed by atoms with Crippen molar-refractivity contribution in [2.75, 3.05) is 26.7 Å². The van der Waals surface area contributed by atoms with Gasteiger partial charge in [-0.1, -0.05) is 77.7 Å². The van der Waals surface area contributed by atoms with E-state index in [1.54, 1.807) is 18.0 Å². The van der Waals surface area contributed by atoms with Crippen LogP contribution in [-0.4, -0.2) is 100 Å². The summed E-state index contributed by atoms with van der Waals surface area (Å²) in [5, 5.41) is 10.0. The van der Waals surface area contributed by atoms with E-state index < -0.39 is 53.6 Å². The van der Waals surface area contributed by atoms with Crippen molar-refractivity contribution in [2.24, 2.45) is 11.8 Å². The number of cyclic esters (lactones) is 1. The highest BCUT2D eigenvalue weighted by Gasteiger charge is 2.75. The molecule has 1 N–H and O–H groups in total. The summed E-state index contributed by atoms with van der Waals surface area (Å²) < 4.78 is 13.4. The second kappa shape index (κ2) is 13.0. The van der Waals surface area contributed by atoms with E-state index >= 15 is 0 Å². The van der Waals surface area contributed by atoms with Crippen molar-refractivity contribution < 1.29 is 33.8 Å². The number of halogens is 1. The lowest BCUT2D eigenvalue weighted by Crippen LogP contribution is -2.58. The minimum Gasteiger partial charge on any atom is -0.455 e. The Bertz CT molecular complexity index is 1380.